The van der Waals surface area contributed by atoms with Gasteiger partial charge in [0, 0.05) is 13.1 Å². The molecule has 0 spiro atoms. The average molecular weight is 596 g/mol. The number of primary amides is 1. The molecule has 2 aromatic rings. The van der Waals surface area contributed by atoms with E-state index < -0.39 is 54.5 Å². The molecule has 1 fully saturated rings. The highest BCUT2D eigenvalue weighted by Crippen LogP contribution is 2.20. The largest absolute Gasteiger partial charge is 0.445 e. The lowest BCUT2D eigenvalue weighted by Gasteiger charge is -2.31. The molecule has 43 heavy (non-hydrogen) atoms. The monoisotopic (exact) mass is 595 g/mol. The van der Waals surface area contributed by atoms with Crippen molar-refractivity contribution in [2.75, 3.05) is 13.1 Å². The smallest absolute Gasteiger partial charge is 0.408 e. The summed E-state index contributed by atoms with van der Waals surface area (Å²) >= 11 is 0. The summed E-state index contributed by atoms with van der Waals surface area (Å²) in [6, 6.07) is 14.5. The SMILES string of the molecule is CCCCNC(=O)C1CCCN1C(=O)C(O)C(Cc1ccccc1)NC(=O)C(CC(N)=O)NC(=O)OCc1ccccc1. The molecule has 12 nitrogen and oxygen atoms in total. The number of carbonyl (C=O) groups is 5. The number of hydrogen-bond donors (Lipinski definition) is 5. The second kappa shape index (κ2) is 16.9. The number of nitrogens with zero attached hydrogens (tertiary/aromatic N) is 1. The van der Waals surface area contributed by atoms with Gasteiger partial charge >= 0.3 is 6.09 Å². The summed E-state index contributed by atoms with van der Waals surface area (Å²) in [6.07, 6.45) is -0.382. The number of carbonyl (C=O) groups excluding carboxylic acids is 5. The third-order valence-corrected chi connectivity index (χ3v) is 7.15. The van der Waals surface area contributed by atoms with Gasteiger partial charge in [-0.05, 0) is 36.8 Å². The second-order valence-corrected chi connectivity index (χ2v) is 10.5. The maximum absolute atomic E-state index is 13.5. The Morgan fingerprint density at radius 1 is 1.00 bits per heavy atom. The lowest BCUT2D eigenvalue weighted by atomic mass is 9.99. The van der Waals surface area contributed by atoms with Crippen molar-refractivity contribution in [3.8, 4) is 0 Å². The summed E-state index contributed by atoms with van der Waals surface area (Å²) < 4.78 is 5.18. The Labute approximate surface area is 251 Å². The van der Waals surface area contributed by atoms with Gasteiger partial charge in [-0.25, -0.2) is 4.79 Å². The Balaban J connectivity index is 1.74. The number of ether oxygens (including phenoxy) is 1. The molecule has 1 saturated heterocycles. The molecule has 0 saturated carbocycles. The first kappa shape index (κ1) is 33.1. The van der Waals surface area contributed by atoms with Gasteiger partial charge in [0.05, 0.1) is 12.5 Å². The Kier molecular flexibility index (Phi) is 13.0. The van der Waals surface area contributed by atoms with Gasteiger partial charge in [0.1, 0.15) is 18.7 Å². The van der Waals surface area contributed by atoms with E-state index in [2.05, 4.69) is 16.0 Å². The van der Waals surface area contributed by atoms with Crippen LogP contribution in [0.2, 0.25) is 0 Å². The molecule has 4 atom stereocenters. The molecular weight excluding hydrogens is 554 g/mol. The van der Waals surface area contributed by atoms with Crippen molar-refractivity contribution in [3.05, 3.63) is 71.8 Å². The van der Waals surface area contributed by atoms with Crippen LogP contribution in [0.15, 0.2) is 60.7 Å². The van der Waals surface area contributed by atoms with Crippen LogP contribution >= 0.6 is 0 Å². The van der Waals surface area contributed by atoms with Crippen LogP contribution in [0.25, 0.3) is 0 Å². The number of alkyl carbamates (subject to hydrolysis) is 1. The molecule has 0 bridgehead atoms. The molecule has 1 aliphatic rings. The van der Waals surface area contributed by atoms with Crippen LogP contribution in [0.1, 0.15) is 50.2 Å². The topological polar surface area (TPSA) is 180 Å². The molecular formula is C31H41N5O7. The number of rotatable bonds is 15. The summed E-state index contributed by atoms with van der Waals surface area (Å²) in [7, 11) is 0. The van der Waals surface area contributed by atoms with Gasteiger partial charge in [-0.3, -0.25) is 19.2 Å². The Hall–Kier alpha value is -4.45. The number of benzene rings is 2. The fourth-order valence-electron chi connectivity index (χ4n) is 4.86. The highest BCUT2D eigenvalue weighted by molar-refractivity contribution is 5.92. The fourth-order valence-corrected chi connectivity index (χ4v) is 4.86. The lowest BCUT2D eigenvalue weighted by Crippen LogP contribution is -2.58. The summed E-state index contributed by atoms with van der Waals surface area (Å²) in [6.45, 7) is 2.72. The van der Waals surface area contributed by atoms with Crippen molar-refractivity contribution in [2.45, 2.75) is 76.3 Å². The molecule has 1 aliphatic heterocycles. The van der Waals surface area contributed by atoms with Crippen molar-refractivity contribution in [2.24, 2.45) is 5.73 Å². The van der Waals surface area contributed by atoms with Crippen LogP contribution in [0.5, 0.6) is 0 Å². The van der Waals surface area contributed by atoms with Crippen LogP contribution in [-0.4, -0.2) is 77.0 Å². The Bertz CT molecular complexity index is 1230. The minimum Gasteiger partial charge on any atom is -0.445 e. The Morgan fingerprint density at radius 3 is 2.28 bits per heavy atom. The maximum atomic E-state index is 13.5. The van der Waals surface area contributed by atoms with E-state index in [9.17, 15) is 29.1 Å². The zero-order valence-corrected chi connectivity index (χ0v) is 24.4. The normalized spacial score (nSPS) is 16.4. The molecule has 6 N–H and O–H groups in total. The van der Waals surface area contributed by atoms with Crippen molar-refractivity contribution in [1.82, 2.24) is 20.9 Å². The molecule has 5 amide bonds. The van der Waals surface area contributed by atoms with E-state index in [-0.39, 0.29) is 25.5 Å². The number of amides is 5. The highest BCUT2D eigenvalue weighted by atomic mass is 16.5. The highest BCUT2D eigenvalue weighted by Gasteiger charge is 2.40. The molecule has 3 rings (SSSR count). The third kappa shape index (κ3) is 10.4. The number of nitrogens with one attached hydrogen (secondary N) is 3. The van der Waals surface area contributed by atoms with E-state index in [4.69, 9.17) is 10.5 Å². The summed E-state index contributed by atoms with van der Waals surface area (Å²) in [5.41, 5.74) is 6.78. The molecule has 4 unspecified atom stereocenters. The number of unbranched alkanes of at least 4 members (excludes halogenated alkanes) is 1. The van der Waals surface area contributed by atoms with Gasteiger partial charge in [-0.2, -0.15) is 0 Å². The second-order valence-electron chi connectivity index (χ2n) is 10.5. The first-order valence-corrected chi connectivity index (χ1v) is 14.6. The van der Waals surface area contributed by atoms with Crippen LogP contribution in [-0.2, 0) is 36.9 Å². The van der Waals surface area contributed by atoms with Crippen LogP contribution < -0.4 is 21.7 Å². The number of nitrogens with two attached hydrogens (primary N) is 1. The zero-order chi connectivity index (χ0) is 31.2. The molecule has 0 radical (unpaired) electrons. The van der Waals surface area contributed by atoms with Crippen LogP contribution in [0.3, 0.4) is 0 Å². The lowest BCUT2D eigenvalue weighted by molar-refractivity contribution is -0.147. The molecule has 0 aromatic heterocycles. The van der Waals surface area contributed by atoms with Crippen LogP contribution in [0, 0.1) is 0 Å². The van der Waals surface area contributed by atoms with E-state index in [0.717, 1.165) is 24.0 Å². The van der Waals surface area contributed by atoms with Gasteiger partial charge in [0.25, 0.3) is 5.91 Å². The molecule has 2 aromatic carbocycles. The average Bonchev–Trinajstić information content (AvgIpc) is 3.50. The van der Waals surface area contributed by atoms with E-state index >= 15 is 0 Å². The minimum atomic E-state index is -1.72. The van der Waals surface area contributed by atoms with Gasteiger partial charge in [-0.1, -0.05) is 74.0 Å². The summed E-state index contributed by atoms with van der Waals surface area (Å²) in [4.78, 5) is 65.3. The predicted octanol–water partition coefficient (Wildman–Crippen LogP) is 1.15. The summed E-state index contributed by atoms with van der Waals surface area (Å²) in [5, 5.41) is 19.1. The van der Waals surface area contributed by atoms with Gasteiger partial charge in [-0.15, -0.1) is 0 Å². The van der Waals surface area contributed by atoms with Gasteiger partial charge in [0.15, 0.2) is 6.10 Å². The first-order valence-electron chi connectivity index (χ1n) is 14.6. The van der Waals surface area contributed by atoms with Crippen LogP contribution in [0.4, 0.5) is 4.79 Å². The molecule has 0 aliphatic carbocycles. The van der Waals surface area contributed by atoms with E-state index in [1.807, 2.05) is 13.0 Å². The maximum Gasteiger partial charge on any atom is 0.408 e. The third-order valence-electron chi connectivity index (χ3n) is 7.15. The van der Waals surface area contributed by atoms with Crippen molar-refractivity contribution in [3.63, 3.8) is 0 Å². The quantitative estimate of drug-likeness (QED) is 0.192. The van der Waals surface area contributed by atoms with E-state index in [1.54, 1.807) is 54.6 Å². The summed E-state index contributed by atoms with van der Waals surface area (Å²) in [5.74, 6) is -2.67. The number of likely N-dealkylation sites (tertiary alicyclic amines) is 1. The minimum absolute atomic E-state index is 0.0580. The fraction of sp³-hybridized carbons (Fsp3) is 0.452. The number of aliphatic hydroxyl groups is 1. The molecule has 1 heterocycles. The molecule has 232 valence electrons. The number of hydrogen-bond acceptors (Lipinski definition) is 7. The van der Waals surface area contributed by atoms with E-state index in [0.29, 0.717) is 19.4 Å². The molecule has 12 heteroatoms. The van der Waals surface area contributed by atoms with E-state index in [1.165, 1.54) is 4.90 Å². The predicted molar refractivity (Wildman–Crippen MR) is 158 cm³/mol. The van der Waals surface area contributed by atoms with Gasteiger partial charge in [0.2, 0.25) is 17.7 Å². The first-order chi connectivity index (χ1) is 20.7. The van der Waals surface area contributed by atoms with Crippen molar-refractivity contribution < 1.29 is 33.8 Å². The standard InChI is InChI=1S/C31H41N5O7/c1-2-3-16-33-29(40)25-15-10-17-36(25)30(41)27(38)23(18-21-11-6-4-7-12-21)34-28(39)24(19-26(32)37)35-31(42)43-20-22-13-8-5-9-14-22/h4-9,11-14,23-25,27,38H,2-3,10,15-20H2,1H3,(H2,32,37)(H,33,40)(H,34,39)(H,35,42). The number of aliphatic hydroxyl groups excluding tert-OH is 1. The van der Waals surface area contributed by atoms with Crippen molar-refractivity contribution in [1.29, 1.82) is 0 Å². The van der Waals surface area contributed by atoms with Gasteiger partial charge < -0.3 is 36.4 Å². The van der Waals surface area contributed by atoms with Crippen molar-refractivity contribution >= 4 is 29.7 Å². The zero-order valence-electron chi connectivity index (χ0n) is 24.4. The Morgan fingerprint density at radius 2 is 1.65 bits per heavy atom.